The lowest BCUT2D eigenvalue weighted by molar-refractivity contribution is -0.129. The number of halogens is 1. The second-order valence-electron chi connectivity index (χ2n) is 5.26. The van der Waals surface area contributed by atoms with Gasteiger partial charge < -0.3 is 9.47 Å². The fourth-order valence-electron chi connectivity index (χ4n) is 2.16. The zero-order valence-electron chi connectivity index (χ0n) is 13.2. The van der Waals surface area contributed by atoms with Gasteiger partial charge in [-0.15, -0.1) is 0 Å². The maximum Gasteiger partial charge on any atom is 0.363 e. The van der Waals surface area contributed by atoms with Gasteiger partial charge in [0.05, 0.1) is 6.61 Å². The highest BCUT2D eigenvalue weighted by molar-refractivity contribution is 6.30. The first-order chi connectivity index (χ1) is 11.7. The molecule has 2 aromatic carbocycles. The Morgan fingerprint density at radius 2 is 1.83 bits per heavy atom. The van der Waals surface area contributed by atoms with E-state index in [0.29, 0.717) is 17.2 Å². The first-order valence-corrected chi connectivity index (χ1v) is 8.05. The summed E-state index contributed by atoms with van der Waals surface area (Å²) in [6.45, 7) is 2.74. The van der Waals surface area contributed by atoms with Crippen LogP contribution in [0.25, 0.3) is 6.08 Å². The number of esters is 1. The molecule has 0 unspecified atom stereocenters. The highest BCUT2D eigenvalue weighted by Gasteiger charge is 2.23. The number of nitrogens with zero attached hydrogens (tertiary/aromatic N) is 1. The SMILES string of the molecule is CCCOc1ccc(C=C2N=C(c3ccc(Cl)cc3)OC2=O)cc1. The average Bonchev–Trinajstić information content (AvgIpc) is 2.95. The van der Waals surface area contributed by atoms with Crippen LogP contribution >= 0.6 is 11.6 Å². The Hall–Kier alpha value is -2.59. The van der Waals surface area contributed by atoms with Gasteiger partial charge in [-0.2, -0.15) is 0 Å². The van der Waals surface area contributed by atoms with E-state index in [0.717, 1.165) is 17.7 Å². The van der Waals surface area contributed by atoms with Crippen LogP contribution in [0.4, 0.5) is 0 Å². The van der Waals surface area contributed by atoms with Crippen molar-refractivity contribution >= 4 is 29.5 Å². The van der Waals surface area contributed by atoms with Crippen LogP contribution in [0.2, 0.25) is 5.02 Å². The van der Waals surface area contributed by atoms with E-state index in [1.165, 1.54) is 0 Å². The van der Waals surface area contributed by atoms with Crippen molar-refractivity contribution in [3.05, 3.63) is 70.4 Å². The molecule has 1 heterocycles. The van der Waals surface area contributed by atoms with Crippen molar-refractivity contribution in [2.45, 2.75) is 13.3 Å². The van der Waals surface area contributed by atoms with Crippen molar-refractivity contribution < 1.29 is 14.3 Å². The predicted octanol–water partition coefficient (Wildman–Crippen LogP) is 4.47. The van der Waals surface area contributed by atoms with Crippen LogP contribution in [0, 0.1) is 0 Å². The van der Waals surface area contributed by atoms with E-state index in [9.17, 15) is 4.79 Å². The molecule has 0 amide bonds. The molecule has 4 nitrogen and oxygen atoms in total. The number of hydrogen-bond acceptors (Lipinski definition) is 4. The largest absolute Gasteiger partial charge is 0.494 e. The molecule has 0 aliphatic carbocycles. The molecule has 0 bridgehead atoms. The summed E-state index contributed by atoms with van der Waals surface area (Å²) in [6, 6.07) is 14.5. The Morgan fingerprint density at radius 1 is 1.12 bits per heavy atom. The summed E-state index contributed by atoms with van der Waals surface area (Å²) in [5.74, 6) is 0.621. The van der Waals surface area contributed by atoms with Gasteiger partial charge in [0.15, 0.2) is 5.70 Å². The van der Waals surface area contributed by atoms with E-state index in [-0.39, 0.29) is 11.6 Å². The predicted molar refractivity (Wildman–Crippen MR) is 94.3 cm³/mol. The van der Waals surface area contributed by atoms with Gasteiger partial charge in [0.2, 0.25) is 5.90 Å². The summed E-state index contributed by atoms with van der Waals surface area (Å²) in [4.78, 5) is 16.2. The molecule has 1 aliphatic heterocycles. The monoisotopic (exact) mass is 341 g/mol. The van der Waals surface area contributed by atoms with Crippen molar-refractivity contribution in [3.63, 3.8) is 0 Å². The molecular weight excluding hydrogens is 326 g/mol. The summed E-state index contributed by atoms with van der Waals surface area (Å²) < 4.78 is 10.8. The molecule has 0 saturated carbocycles. The fraction of sp³-hybridized carbons (Fsp3) is 0.158. The summed E-state index contributed by atoms with van der Waals surface area (Å²) in [6.07, 6.45) is 2.65. The summed E-state index contributed by atoms with van der Waals surface area (Å²) >= 11 is 5.86. The van der Waals surface area contributed by atoms with E-state index in [1.807, 2.05) is 24.3 Å². The zero-order chi connectivity index (χ0) is 16.9. The standard InChI is InChI=1S/C19H16ClNO3/c1-2-11-23-16-9-3-13(4-10-16)12-17-19(22)24-18(21-17)14-5-7-15(20)8-6-14/h3-10,12H,2,11H2,1H3. The fourth-order valence-corrected chi connectivity index (χ4v) is 2.29. The van der Waals surface area contributed by atoms with E-state index >= 15 is 0 Å². The van der Waals surface area contributed by atoms with Gasteiger partial charge in [0, 0.05) is 10.6 Å². The Kier molecular flexibility index (Phi) is 4.96. The summed E-state index contributed by atoms with van der Waals surface area (Å²) in [5, 5.41) is 0.616. The number of carbonyl (C=O) groups is 1. The zero-order valence-corrected chi connectivity index (χ0v) is 13.9. The van der Waals surface area contributed by atoms with Crippen LogP contribution in [0.1, 0.15) is 24.5 Å². The van der Waals surface area contributed by atoms with Crippen molar-refractivity contribution in [2.75, 3.05) is 6.61 Å². The molecule has 0 N–H and O–H groups in total. The van der Waals surface area contributed by atoms with Gasteiger partial charge in [-0.3, -0.25) is 0 Å². The lowest BCUT2D eigenvalue weighted by Gasteiger charge is -2.04. The number of carbonyl (C=O) groups excluding carboxylic acids is 1. The van der Waals surface area contributed by atoms with E-state index < -0.39 is 5.97 Å². The first kappa shape index (κ1) is 16.3. The van der Waals surface area contributed by atoms with Crippen LogP contribution in [0.3, 0.4) is 0 Å². The molecule has 5 heteroatoms. The smallest absolute Gasteiger partial charge is 0.363 e. The highest BCUT2D eigenvalue weighted by atomic mass is 35.5. The summed E-state index contributed by atoms with van der Waals surface area (Å²) in [7, 11) is 0. The van der Waals surface area contributed by atoms with Crippen molar-refractivity contribution in [3.8, 4) is 5.75 Å². The average molecular weight is 342 g/mol. The van der Waals surface area contributed by atoms with E-state index in [1.54, 1.807) is 30.3 Å². The highest BCUT2D eigenvalue weighted by Crippen LogP contribution is 2.21. The van der Waals surface area contributed by atoms with E-state index in [4.69, 9.17) is 21.1 Å². The van der Waals surface area contributed by atoms with Crippen molar-refractivity contribution in [1.82, 2.24) is 0 Å². The number of benzene rings is 2. The molecule has 2 aromatic rings. The number of ether oxygens (including phenoxy) is 2. The Balaban J connectivity index is 1.79. The molecule has 0 atom stereocenters. The number of hydrogen-bond donors (Lipinski definition) is 0. The van der Waals surface area contributed by atoms with Crippen LogP contribution in [-0.2, 0) is 9.53 Å². The van der Waals surface area contributed by atoms with Gasteiger partial charge in [0.25, 0.3) is 0 Å². The third-order valence-electron chi connectivity index (χ3n) is 3.37. The van der Waals surface area contributed by atoms with Gasteiger partial charge >= 0.3 is 5.97 Å². The number of cyclic esters (lactones) is 1. The molecule has 122 valence electrons. The normalized spacial score (nSPS) is 15.3. The Morgan fingerprint density at radius 3 is 2.50 bits per heavy atom. The lowest BCUT2D eigenvalue weighted by atomic mass is 10.2. The van der Waals surface area contributed by atoms with Crippen LogP contribution in [0.15, 0.2) is 59.2 Å². The second kappa shape index (κ2) is 7.32. The topological polar surface area (TPSA) is 47.9 Å². The molecule has 1 aliphatic rings. The number of rotatable bonds is 5. The molecule has 0 saturated heterocycles. The molecule has 0 radical (unpaired) electrons. The third kappa shape index (κ3) is 3.84. The minimum absolute atomic E-state index is 0.266. The number of aliphatic imine (C=N–C) groups is 1. The Bertz CT molecular complexity index is 792. The van der Waals surface area contributed by atoms with Crippen LogP contribution in [-0.4, -0.2) is 18.5 Å². The first-order valence-electron chi connectivity index (χ1n) is 7.67. The van der Waals surface area contributed by atoms with Gasteiger partial charge in [-0.1, -0.05) is 30.7 Å². The third-order valence-corrected chi connectivity index (χ3v) is 3.62. The minimum Gasteiger partial charge on any atom is -0.494 e. The van der Waals surface area contributed by atoms with Crippen molar-refractivity contribution in [2.24, 2.45) is 4.99 Å². The Labute approximate surface area is 145 Å². The van der Waals surface area contributed by atoms with Crippen molar-refractivity contribution in [1.29, 1.82) is 0 Å². The molecule has 3 rings (SSSR count). The maximum absolute atomic E-state index is 12.0. The lowest BCUT2D eigenvalue weighted by Crippen LogP contribution is -2.05. The molecular formula is C19H16ClNO3. The molecule has 0 fully saturated rings. The van der Waals surface area contributed by atoms with E-state index in [2.05, 4.69) is 11.9 Å². The summed E-state index contributed by atoms with van der Waals surface area (Å²) in [5.41, 5.74) is 1.83. The van der Waals surface area contributed by atoms with Crippen LogP contribution in [0.5, 0.6) is 5.75 Å². The minimum atomic E-state index is -0.466. The molecule has 0 spiro atoms. The molecule has 0 aromatic heterocycles. The quantitative estimate of drug-likeness (QED) is 0.595. The van der Waals surface area contributed by atoms with Gasteiger partial charge in [0.1, 0.15) is 5.75 Å². The molecule has 24 heavy (non-hydrogen) atoms. The maximum atomic E-state index is 12.0. The van der Waals surface area contributed by atoms with Crippen LogP contribution < -0.4 is 4.74 Å². The van der Waals surface area contributed by atoms with Gasteiger partial charge in [-0.25, -0.2) is 9.79 Å². The van der Waals surface area contributed by atoms with Gasteiger partial charge in [-0.05, 0) is 54.5 Å². The second-order valence-corrected chi connectivity index (χ2v) is 5.70.